The van der Waals surface area contributed by atoms with Gasteiger partial charge in [-0.2, -0.15) is 0 Å². The molecule has 0 saturated carbocycles. The van der Waals surface area contributed by atoms with Crippen LogP contribution in [0.25, 0.3) is 88.0 Å². The predicted octanol–water partition coefficient (Wildman–Crippen LogP) is 17.0. The summed E-state index contributed by atoms with van der Waals surface area (Å²) < 4.78 is 6.36. The van der Waals surface area contributed by atoms with Crippen molar-refractivity contribution in [1.82, 2.24) is 0 Å². The van der Waals surface area contributed by atoms with Crippen molar-refractivity contribution in [2.24, 2.45) is 0 Å². The first kappa shape index (κ1) is 36.1. The van der Waals surface area contributed by atoms with Crippen molar-refractivity contribution in [2.45, 2.75) is 5.41 Å². The second kappa shape index (κ2) is 13.8. The quantitative estimate of drug-likeness (QED) is 0.172. The molecule has 0 bridgehead atoms. The molecule has 0 unspecified atom stereocenters. The molecule has 2 nitrogen and oxygen atoms in total. The maximum absolute atomic E-state index is 6.36. The Morgan fingerprint density at radius 1 is 0.277 bits per heavy atom. The third-order valence-corrected chi connectivity index (χ3v) is 14.3. The van der Waals surface area contributed by atoms with Crippen LogP contribution in [0.5, 0.6) is 0 Å². The van der Waals surface area contributed by atoms with Crippen molar-refractivity contribution < 1.29 is 4.42 Å². The highest BCUT2D eigenvalue weighted by Crippen LogP contribution is 2.63. The first-order valence-corrected chi connectivity index (χ1v) is 22.5. The van der Waals surface area contributed by atoms with E-state index in [-0.39, 0.29) is 0 Å². The van der Waals surface area contributed by atoms with Gasteiger partial charge in [-0.1, -0.05) is 176 Å². The third-order valence-electron chi connectivity index (χ3n) is 14.3. The molecule has 0 radical (unpaired) electrons. The number of furan rings is 1. The summed E-state index contributed by atoms with van der Waals surface area (Å²) in [7, 11) is 0. The Kier molecular flexibility index (Phi) is 7.64. The van der Waals surface area contributed by atoms with Crippen molar-refractivity contribution >= 4 is 60.5 Å². The fraction of sp³-hybridized carbons (Fsp3) is 0.0159. The van der Waals surface area contributed by atoms with Gasteiger partial charge in [0.25, 0.3) is 0 Å². The zero-order valence-electron chi connectivity index (χ0n) is 35.4. The molecule has 0 fully saturated rings. The Bertz CT molecular complexity index is 3850. The Morgan fingerprint density at radius 2 is 0.815 bits per heavy atom. The van der Waals surface area contributed by atoms with E-state index in [4.69, 9.17) is 4.42 Å². The number of nitrogens with zero attached hydrogens (tertiary/aromatic N) is 1. The number of fused-ring (bicyclic) bond motifs is 15. The highest BCUT2D eigenvalue weighted by atomic mass is 16.3. The van der Waals surface area contributed by atoms with E-state index in [0.717, 1.165) is 39.0 Å². The number of hydrogen-bond donors (Lipinski definition) is 0. The van der Waals surface area contributed by atoms with Crippen LogP contribution in [0.1, 0.15) is 22.3 Å². The van der Waals surface area contributed by atoms with Crippen molar-refractivity contribution in [3.63, 3.8) is 0 Å². The lowest BCUT2D eigenvalue weighted by Gasteiger charge is -2.32. The Balaban J connectivity index is 0.941. The molecule has 0 amide bonds. The van der Waals surface area contributed by atoms with Crippen molar-refractivity contribution in [2.75, 3.05) is 4.90 Å². The van der Waals surface area contributed by atoms with Gasteiger partial charge in [-0.3, -0.25) is 0 Å². The number of anilines is 3. The molecule has 2 aliphatic rings. The molecule has 1 spiro atoms. The van der Waals surface area contributed by atoms with Crippen molar-refractivity contribution in [3.05, 3.63) is 259 Å². The smallest absolute Gasteiger partial charge is 0.135 e. The number of para-hydroxylation sites is 1. The van der Waals surface area contributed by atoms with Gasteiger partial charge < -0.3 is 9.32 Å². The van der Waals surface area contributed by atoms with Crippen LogP contribution in [-0.2, 0) is 5.41 Å². The second-order valence-corrected chi connectivity index (χ2v) is 17.6. The van der Waals surface area contributed by atoms with Gasteiger partial charge in [0.05, 0.1) is 5.41 Å². The van der Waals surface area contributed by atoms with Gasteiger partial charge in [0.1, 0.15) is 11.2 Å². The Labute approximate surface area is 376 Å². The molecule has 2 heteroatoms. The molecule has 14 rings (SSSR count). The van der Waals surface area contributed by atoms with E-state index >= 15 is 0 Å². The lowest BCUT2D eigenvalue weighted by atomic mass is 9.70. The van der Waals surface area contributed by atoms with Crippen LogP contribution in [0.3, 0.4) is 0 Å². The van der Waals surface area contributed by atoms with Crippen LogP contribution >= 0.6 is 0 Å². The van der Waals surface area contributed by atoms with Crippen molar-refractivity contribution in [1.29, 1.82) is 0 Å². The molecule has 11 aromatic carbocycles. The van der Waals surface area contributed by atoms with Gasteiger partial charge >= 0.3 is 0 Å². The maximum atomic E-state index is 6.36. The zero-order chi connectivity index (χ0) is 42.6. The molecule has 302 valence electrons. The zero-order valence-corrected chi connectivity index (χ0v) is 35.4. The molecule has 0 N–H and O–H groups in total. The molecule has 1 heterocycles. The molecule has 0 aliphatic heterocycles. The summed E-state index contributed by atoms with van der Waals surface area (Å²) in [5.41, 5.74) is 19.9. The number of hydrogen-bond acceptors (Lipinski definition) is 2. The summed E-state index contributed by atoms with van der Waals surface area (Å²) in [5, 5.41) is 7.19. The average molecular weight is 826 g/mol. The van der Waals surface area contributed by atoms with Crippen LogP contribution in [-0.4, -0.2) is 0 Å². The molecule has 0 saturated heterocycles. The minimum atomic E-state index is -0.447. The van der Waals surface area contributed by atoms with Crippen LogP contribution in [0, 0.1) is 0 Å². The standard InChI is InChI=1S/C63H39NO/c1-2-13-43-36-45(27-24-40(43)12-1)49-19-11-14-42-25-26-44(37-55(42)49)41-28-30-46(31-29-41)64(47-33-35-62-56(38-47)54-18-6-10-23-61(54)65-62)48-32-34-53-52-17-5-9-22-59(52)63(60(53)39-48)57-20-7-3-15-50(57)51-16-4-8-21-58(51)63/h1-39H. The molecule has 0 atom stereocenters. The van der Waals surface area contributed by atoms with E-state index < -0.39 is 5.41 Å². The molecular formula is C63H39NO. The van der Waals surface area contributed by atoms with E-state index in [1.807, 2.05) is 6.07 Å². The van der Waals surface area contributed by atoms with Gasteiger partial charge in [-0.25, -0.2) is 0 Å². The predicted molar refractivity (Wildman–Crippen MR) is 271 cm³/mol. The van der Waals surface area contributed by atoms with E-state index in [1.54, 1.807) is 0 Å². The topological polar surface area (TPSA) is 16.4 Å². The second-order valence-electron chi connectivity index (χ2n) is 17.6. The lowest BCUT2D eigenvalue weighted by molar-refractivity contribution is 0.669. The summed E-state index contributed by atoms with van der Waals surface area (Å²) in [5.74, 6) is 0. The summed E-state index contributed by atoms with van der Waals surface area (Å²) >= 11 is 0. The largest absolute Gasteiger partial charge is 0.456 e. The van der Waals surface area contributed by atoms with Crippen LogP contribution in [0.2, 0.25) is 0 Å². The van der Waals surface area contributed by atoms with Gasteiger partial charge in [-0.05, 0) is 149 Å². The van der Waals surface area contributed by atoms with Crippen LogP contribution < -0.4 is 4.90 Å². The van der Waals surface area contributed by atoms with Gasteiger partial charge in [-0.15, -0.1) is 0 Å². The Morgan fingerprint density at radius 3 is 1.58 bits per heavy atom. The SMILES string of the molecule is c1ccc2c(c1)-c1ccccc1C21c2ccccc2-c2ccc(N(c3ccc(-c4ccc5cccc(-c6ccc7ccccc7c6)c5c4)cc3)c3ccc4oc5ccccc5c4c3)cc21. The fourth-order valence-electron chi connectivity index (χ4n) is 11.4. The number of rotatable bonds is 5. The summed E-state index contributed by atoms with van der Waals surface area (Å²) in [6.45, 7) is 0. The van der Waals surface area contributed by atoms with E-state index in [0.29, 0.717) is 0 Å². The lowest BCUT2D eigenvalue weighted by Crippen LogP contribution is -2.26. The first-order chi connectivity index (χ1) is 32.2. The summed E-state index contributed by atoms with van der Waals surface area (Å²) in [6, 6.07) is 87.2. The molecule has 12 aromatic rings. The molecule has 2 aliphatic carbocycles. The first-order valence-electron chi connectivity index (χ1n) is 22.5. The van der Waals surface area contributed by atoms with E-state index in [1.165, 1.54) is 88.3 Å². The van der Waals surface area contributed by atoms with E-state index in [9.17, 15) is 0 Å². The average Bonchev–Trinajstić information content (AvgIpc) is 4.00. The van der Waals surface area contributed by atoms with Gasteiger partial charge in [0.15, 0.2) is 0 Å². The van der Waals surface area contributed by atoms with E-state index in [2.05, 4.69) is 235 Å². The van der Waals surface area contributed by atoms with Crippen molar-refractivity contribution in [3.8, 4) is 44.5 Å². The molecule has 65 heavy (non-hydrogen) atoms. The summed E-state index contributed by atoms with van der Waals surface area (Å²) in [4.78, 5) is 2.42. The third kappa shape index (κ3) is 5.23. The monoisotopic (exact) mass is 825 g/mol. The number of benzene rings is 11. The molecular weight excluding hydrogens is 787 g/mol. The van der Waals surface area contributed by atoms with Crippen LogP contribution in [0.4, 0.5) is 17.1 Å². The van der Waals surface area contributed by atoms with Crippen LogP contribution in [0.15, 0.2) is 241 Å². The highest BCUT2D eigenvalue weighted by molar-refractivity contribution is 6.07. The maximum Gasteiger partial charge on any atom is 0.135 e. The van der Waals surface area contributed by atoms with Gasteiger partial charge in [0.2, 0.25) is 0 Å². The molecule has 1 aromatic heterocycles. The Hall–Kier alpha value is -8.46. The van der Waals surface area contributed by atoms with Gasteiger partial charge in [0, 0.05) is 27.8 Å². The fourth-order valence-corrected chi connectivity index (χ4v) is 11.4. The summed E-state index contributed by atoms with van der Waals surface area (Å²) in [6.07, 6.45) is 0. The highest BCUT2D eigenvalue weighted by Gasteiger charge is 2.51. The minimum absolute atomic E-state index is 0.447. The normalized spacial score (nSPS) is 13.0. The minimum Gasteiger partial charge on any atom is -0.456 e.